The van der Waals surface area contributed by atoms with Crippen LogP contribution in [0, 0.1) is 17.0 Å². The fraction of sp³-hybridized carbons (Fsp3) is 0.462. The molecule has 0 radical (unpaired) electrons. The molecule has 0 aliphatic carbocycles. The minimum atomic E-state index is -0.587. The third-order valence-corrected chi connectivity index (χ3v) is 3.18. The maximum absolute atomic E-state index is 13.0. The summed E-state index contributed by atoms with van der Waals surface area (Å²) in [6, 6.07) is 3.42. The molecule has 3 nitrogen and oxygen atoms in total. The highest BCUT2D eigenvalue weighted by molar-refractivity contribution is 5.81. The van der Waals surface area contributed by atoms with Crippen LogP contribution in [0.15, 0.2) is 18.2 Å². The summed E-state index contributed by atoms with van der Waals surface area (Å²) < 4.78 is 26.1. The van der Waals surface area contributed by atoms with E-state index >= 15 is 0 Å². The van der Waals surface area contributed by atoms with Gasteiger partial charge in [0.25, 0.3) is 0 Å². The molecule has 1 aromatic rings. The van der Waals surface area contributed by atoms with Crippen molar-refractivity contribution in [3.63, 3.8) is 0 Å². The van der Waals surface area contributed by atoms with E-state index in [9.17, 15) is 8.78 Å². The number of nitrogens with one attached hydrogen (secondary N) is 1. The van der Waals surface area contributed by atoms with E-state index in [0.29, 0.717) is 11.4 Å². The molecule has 0 bridgehead atoms. The number of benzene rings is 1. The molecule has 98 valence electrons. The lowest BCUT2D eigenvalue weighted by Crippen LogP contribution is -2.47. The molecular formula is C13H17F2N3. The topological polar surface area (TPSA) is 30.3 Å². The van der Waals surface area contributed by atoms with Crippen LogP contribution in [-0.2, 0) is 6.42 Å². The number of rotatable bonds is 2. The van der Waals surface area contributed by atoms with Gasteiger partial charge in [-0.1, -0.05) is 0 Å². The third kappa shape index (κ3) is 3.26. The number of hydrogen-bond acceptors (Lipinski definition) is 2. The first-order chi connectivity index (χ1) is 8.54. The summed E-state index contributed by atoms with van der Waals surface area (Å²) in [5.74, 6) is -0.750. The monoisotopic (exact) mass is 253 g/mol. The molecule has 0 aromatic heterocycles. The first kappa shape index (κ1) is 13.0. The third-order valence-electron chi connectivity index (χ3n) is 3.18. The zero-order chi connectivity index (χ0) is 13.1. The summed E-state index contributed by atoms with van der Waals surface area (Å²) in [4.78, 5) is 4.16. The molecule has 18 heavy (non-hydrogen) atoms. The van der Waals surface area contributed by atoms with Crippen molar-refractivity contribution in [1.29, 1.82) is 5.41 Å². The van der Waals surface area contributed by atoms with E-state index in [1.165, 1.54) is 12.1 Å². The molecule has 1 aromatic carbocycles. The summed E-state index contributed by atoms with van der Waals surface area (Å²) in [5.41, 5.74) is 0.511. The van der Waals surface area contributed by atoms with E-state index in [1.54, 1.807) is 0 Å². The van der Waals surface area contributed by atoms with Crippen molar-refractivity contribution in [2.75, 3.05) is 33.2 Å². The van der Waals surface area contributed by atoms with Crippen LogP contribution in [0.25, 0.3) is 0 Å². The molecule has 1 aliphatic heterocycles. The van der Waals surface area contributed by atoms with Crippen molar-refractivity contribution in [2.24, 2.45) is 0 Å². The van der Waals surface area contributed by atoms with Gasteiger partial charge >= 0.3 is 0 Å². The van der Waals surface area contributed by atoms with E-state index in [1.807, 2.05) is 11.9 Å². The molecule has 1 fully saturated rings. The summed E-state index contributed by atoms with van der Waals surface area (Å²) in [6.45, 7) is 3.43. The lowest BCUT2D eigenvalue weighted by atomic mass is 10.1. The van der Waals surface area contributed by atoms with Crippen LogP contribution in [0.2, 0.25) is 0 Å². The Morgan fingerprint density at radius 1 is 1.11 bits per heavy atom. The van der Waals surface area contributed by atoms with Crippen LogP contribution in [0.5, 0.6) is 0 Å². The predicted molar refractivity (Wildman–Crippen MR) is 66.9 cm³/mol. The predicted octanol–water partition coefficient (Wildman–Crippen LogP) is 1.73. The maximum Gasteiger partial charge on any atom is 0.126 e. The Morgan fingerprint density at radius 2 is 1.67 bits per heavy atom. The van der Waals surface area contributed by atoms with E-state index in [2.05, 4.69) is 4.90 Å². The molecular weight excluding hydrogens is 236 g/mol. The highest BCUT2D eigenvalue weighted by atomic mass is 19.1. The molecule has 2 rings (SSSR count). The van der Waals surface area contributed by atoms with E-state index in [-0.39, 0.29) is 6.42 Å². The molecule has 0 atom stereocenters. The van der Waals surface area contributed by atoms with Crippen LogP contribution in [0.3, 0.4) is 0 Å². The molecule has 5 heteroatoms. The second-order valence-electron chi connectivity index (χ2n) is 4.69. The Bertz CT molecular complexity index is 420. The van der Waals surface area contributed by atoms with Gasteiger partial charge in [0.05, 0.1) is 0 Å². The maximum atomic E-state index is 13.0. The first-order valence-corrected chi connectivity index (χ1v) is 6.00. The van der Waals surface area contributed by atoms with E-state index in [4.69, 9.17) is 5.41 Å². The molecule has 1 aliphatic rings. The van der Waals surface area contributed by atoms with Gasteiger partial charge in [0, 0.05) is 38.7 Å². The van der Waals surface area contributed by atoms with Gasteiger partial charge in [-0.3, -0.25) is 5.41 Å². The molecule has 1 N–H and O–H groups in total. The van der Waals surface area contributed by atoms with Crippen molar-refractivity contribution < 1.29 is 8.78 Å². The molecule has 1 heterocycles. The smallest absolute Gasteiger partial charge is 0.126 e. The number of nitrogens with zero attached hydrogens (tertiary/aromatic N) is 2. The van der Waals surface area contributed by atoms with Crippen LogP contribution in [0.1, 0.15) is 5.56 Å². The summed E-state index contributed by atoms with van der Waals surface area (Å²) >= 11 is 0. The van der Waals surface area contributed by atoms with Crippen LogP contribution in [-0.4, -0.2) is 48.9 Å². The SMILES string of the molecule is CN1CCN(C(=N)Cc2cc(F)cc(F)c2)CC1. The Kier molecular flexibility index (Phi) is 3.91. The number of likely N-dealkylation sites (N-methyl/N-ethyl adjacent to an activating group) is 1. The highest BCUT2D eigenvalue weighted by Crippen LogP contribution is 2.11. The van der Waals surface area contributed by atoms with Gasteiger partial charge in [-0.25, -0.2) is 8.78 Å². The molecule has 0 unspecified atom stereocenters. The number of hydrogen-bond donors (Lipinski definition) is 1. The van der Waals surface area contributed by atoms with Gasteiger partial charge in [-0.15, -0.1) is 0 Å². The van der Waals surface area contributed by atoms with E-state index < -0.39 is 11.6 Å². The molecule has 0 amide bonds. The van der Waals surface area contributed by atoms with Crippen LogP contribution in [0.4, 0.5) is 8.78 Å². The summed E-state index contributed by atoms with van der Waals surface area (Å²) in [7, 11) is 2.04. The number of halogens is 2. The number of piperazine rings is 1. The van der Waals surface area contributed by atoms with E-state index in [0.717, 1.165) is 32.2 Å². The zero-order valence-corrected chi connectivity index (χ0v) is 10.4. The van der Waals surface area contributed by atoms with Crippen molar-refractivity contribution in [1.82, 2.24) is 9.80 Å². The zero-order valence-electron chi connectivity index (χ0n) is 10.4. The Balaban J connectivity index is 1.98. The summed E-state index contributed by atoms with van der Waals surface area (Å²) in [5, 5.41) is 7.99. The van der Waals surface area contributed by atoms with Gasteiger partial charge in [0.2, 0.25) is 0 Å². The Labute approximate surface area is 106 Å². The molecule has 0 saturated carbocycles. The van der Waals surface area contributed by atoms with Crippen molar-refractivity contribution in [2.45, 2.75) is 6.42 Å². The first-order valence-electron chi connectivity index (χ1n) is 6.00. The fourth-order valence-corrected chi connectivity index (χ4v) is 2.09. The lowest BCUT2D eigenvalue weighted by molar-refractivity contribution is 0.213. The minimum absolute atomic E-state index is 0.276. The normalized spacial score (nSPS) is 16.9. The Morgan fingerprint density at radius 3 is 2.22 bits per heavy atom. The van der Waals surface area contributed by atoms with Crippen molar-refractivity contribution in [3.8, 4) is 0 Å². The fourth-order valence-electron chi connectivity index (χ4n) is 2.09. The quantitative estimate of drug-likeness (QED) is 0.642. The van der Waals surface area contributed by atoms with Gasteiger partial charge in [0.1, 0.15) is 17.5 Å². The Hall–Kier alpha value is -1.49. The van der Waals surface area contributed by atoms with Gasteiger partial charge in [-0.05, 0) is 24.7 Å². The highest BCUT2D eigenvalue weighted by Gasteiger charge is 2.16. The second-order valence-corrected chi connectivity index (χ2v) is 4.69. The van der Waals surface area contributed by atoms with Crippen LogP contribution < -0.4 is 0 Å². The van der Waals surface area contributed by atoms with Gasteiger partial charge in [0.15, 0.2) is 0 Å². The number of amidine groups is 1. The van der Waals surface area contributed by atoms with Gasteiger partial charge < -0.3 is 9.80 Å². The van der Waals surface area contributed by atoms with Gasteiger partial charge in [-0.2, -0.15) is 0 Å². The average molecular weight is 253 g/mol. The molecule has 0 spiro atoms. The van der Waals surface area contributed by atoms with Crippen molar-refractivity contribution in [3.05, 3.63) is 35.4 Å². The lowest BCUT2D eigenvalue weighted by Gasteiger charge is -2.34. The average Bonchev–Trinajstić information content (AvgIpc) is 2.28. The standard InChI is InChI=1S/C13H17F2N3/c1-17-2-4-18(5-3-17)13(16)8-10-6-11(14)9-12(15)7-10/h6-7,9,16H,2-5,8H2,1H3. The molecule has 1 saturated heterocycles. The summed E-state index contributed by atoms with van der Waals surface area (Å²) in [6.07, 6.45) is 0.276. The largest absolute Gasteiger partial charge is 0.358 e. The second kappa shape index (κ2) is 5.44. The minimum Gasteiger partial charge on any atom is -0.358 e. The van der Waals surface area contributed by atoms with Crippen LogP contribution >= 0.6 is 0 Å². The van der Waals surface area contributed by atoms with Crippen molar-refractivity contribution >= 4 is 5.84 Å².